The number of nitrogens with two attached hydrogens (primary N) is 1. The van der Waals surface area contributed by atoms with E-state index in [-0.39, 0.29) is 4.90 Å². The fourth-order valence-corrected chi connectivity index (χ4v) is 4.68. The third-order valence-electron chi connectivity index (χ3n) is 3.77. The zero-order chi connectivity index (χ0) is 15.5. The van der Waals surface area contributed by atoms with E-state index in [4.69, 9.17) is 5.73 Å². The molecule has 0 saturated heterocycles. The minimum Gasteiger partial charge on any atom is -0.397 e. The van der Waals surface area contributed by atoms with Gasteiger partial charge in [0, 0.05) is 17.8 Å². The molecular weight excluding hydrogens is 306 g/mol. The van der Waals surface area contributed by atoms with Gasteiger partial charge in [0.25, 0.3) is 0 Å². The van der Waals surface area contributed by atoms with Crippen molar-refractivity contribution in [1.82, 2.24) is 4.72 Å². The zero-order valence-corrected chi connectivity index (χ0v) is 14.1. The second kappa shape index (κ2) is 6.89. The van der Waals surface area contributed by atoms with Gasteiger partial charge in [-0.25, -0.2) is 13.1 Å². The second-order valence-corrected chi connectivity index (χ2v) is 8.05. The lowest BCUT2D eigenvalue weighted by Crippen LogP contribution is -2.27. The molecule has 0 bridgehead atoms. The highest BCUT2D eigenvalue weighted by atomic mass is 32.2. The van der Waals surface area contributed by atoms with Crippen molar-refractivity contribution in [2.45, 2.75) is 42.4 Å². The van der Waals surface area contributed by atoms with Crippen molar-refractivity contribution < 1.29 is 8.42 Å². The Balaban J connectivity index is 2.23. The lowest BCUT2D eigenvalue weighted by molar-refractivity contribution is 0.584. The van der Waals surface area contributed by atoms with E-state index in [1.54, 1.807) is 25.1 Å². The van der Waals surface area contributed by atoms with Gasteiger partial charge in [0.15, 0.2) is 0 Å². The molecule has 2 rings (SSSR count). The van der Waals surface area contributed by atoms with E-state index in [0.29, 0.717) is 29.2 Å². The van der Waals surface area contributed by atoms with Gasteiger partial charge in [-0.2, -0.15) is 11.8 Å². The van der Waals surface area contributed by atoms with Crippen molar-refractivity contribution in [3.8, 4) is 0 Å². The van der Waals surface area contributed by atoms with Crippen LogP contribution < -0.4 is 15.8 Å². The molecule has 0 amide bonds. The molecule has 1 aromatic carbocycles. The Morgan fingerprint density at radius 3 is 2.81 bits per heavy atom. The normalized spacial score (nSPS) is 22.4. The van der Waals surface area contributed by atoms with Crippen molar-refractivity contribution >= 4 is 33.2 Å². The highest BCUT2D eigenvalue weighted by Gasteiger charge is 2.27. The minimum atomic E-state index is -3.45. The highest BCUT2D eigenvalue weighted by Crippen LogP contribution is 2.33. The van der Waals surface area contributed by atoms with Gasteiger partial charge in [0.1, 0.15) is 0 Å². The smallest absolute Gasteiger partial charge is 0.240 e. The molecule has 1 fully saturated rings. The fourth-order valence-electron chi connectivity index (χ4n) is 2.67. The van der Waals surface area contributed by atoms with Crippen LogP contribution >= 0.6 is 11.8 Å². The van der Waals surface area contributed by atoms with Crippen LogP contribution in [-0.4, -0.2) is 32.5 Å². The Hall–Kier alpha value is -0.920. The van der Waals surface area contributed by atoms with Gasteiger partial charge in [-0.05, 0) is 37.3 Å². The molecule has 2 unspecified atom stereocenters. The van der Waals surface area contributed by atoms with Crippen molar-refractivity contribution in [2.75, 3.05) is 23.9 Å². The number of thioether (sulfide) groups is 1. The third kappa shape index (κ3) is 3.84. The van der Waals surface area contributed by atoms with Crippen LogP contribution in [0.3, 0.4) is 0 Å². The fraction of sp³-hybridized carbons (Fsp3) is 0.571. The minimum absolute atomic E-state index is 0.250. The van der Waals surface area contributed by atoms with Gasteiger partial charge >= 0.3 is 0 Å². The summed E-state index contributed by atoms with van der Waals surface area (Å²) in [5, 5.41) is 3.98. The number of nitrogens with one attached hydrogen (secondary N) is 2. The van der Waals surface area contributed by atoms with Crippen LogP contribution in [0.2, 0.25) is 0 Å². The number of hydrogen-bond donors (Lipinski definition) is 3. The molecule has 0 aliphatic heterocycles. The Morgan fingerprint density at radius 2 is 2.14 bits per heavy atom. The first-order valence-electron chi connectivity index (χ1n) is 7.16. The lowest BCUT2D eigenvalue weighted by atomic mass is 10.2. The Kier molecular flexibility index (Phi) is 5.40. The van der Waals surface area contributed by atoms with E-state index in [9.17, 15) is 8.42 Å². The van der Waals surface area contributed by atoms with Crippen LogP contribution in [0.1, 0.15) is 26.2 Å². The third-order valence-corrected chi connectivity index (χ3v) is 6.48. The number of benzene rings is 1. The summed E-state index contributed by atoms with van der Waals surface area (Å²) >= 11 is 1.85. The molecule has 118 valence electrons. The standard InChI is InChI=1S/C14H23N3O2S2/c1-3-16-21(18,19)10-7-8-11(15)13(9-10)17-12-5-4-6-14(12)20-2/h7-9,12,14,16-17H,3-6,15H2,1-2H3. The quantitative estimate of drug-likeness (QED) is 0.697. The molecule has 0 radical (unpaired) electrons. The maximum atomic E-state index is 12.1. The maximum absolute atomic E-state index is 12.1. The summed E-state index contributed by atoms with van der Waals surface area (Å²) in [7, 11) is -3.45. The van der Waals surface area contributed by atoms with Crippen molar-refractivity contribution in [3.63, 3.8) is 0 Å². The van der Waals surface area contributed by atoms with Gasteiger partial charge < -0.3 is 11.1 Å². The van der Waals surface area contributed by atoms with Gasteiger partial charge in [-0.3, -0.25) is 0 Å². The van der Waals surface area contributed by atoms with Gasteiger partial charge in [-0.1, -0.05) is 13.3 Å². The summed E-state index contributed by atoms with van der Waals surface area (Å²) in [6.45, 7) is 2.13. The Bertz CT molecular complexity index is 590. The number of nitrogen functional groups attached to an aromatic ring is 1. The van der Waals surface area contributed by atoms with Crippen molar-refractivity contribution in [3.05, 3.63) is 18.2 Å². The number of rotatable bonds is 6. The second-order valence-electron chi connectivity index (χ2n) is 5.21. The lowest BCUT2D eigenvalue weighted by Gasteiger charge is -2.22. The molecule has 2 atom stereocenters. The van der Waals surface area contributed by atoms with E-state index >= 15 is 0 Å². The van der Waals surface area contributed by atoms with E-state index in [1.165, 1.54) is 12.8 Å². The maximum Gasteiger partial charge on any atom is 0.240 e. The first-order valence-corrected chi connectivity index (χ1v) is 9.93. The van der Waals surface area contributed by atoms with Crippen molar-refractivity contribution in [2.24, 2.45) is 0 Å². The predicted octanol–water partition coefficient (Wildman–Crippen LogP) is 2.26. The van der Waals surface area contributed by atoms with Crippen LogP contribution in [-0.2, 0) is 10.0 Å². The molecule has 1 saturated carbocycles. The molecule has 0 spiro atoms. The van der Waals surface area contributed by atoms with E-state index in [0.717, 1.165) is 6.42 Å². The average molecular weight is 329 g/mol. The Labute approximate surface area is 131 Å². The van der Waals surface area contributed by atoms with E-state index in [1.807, 2.05) is 11.8 Å². The topological polar surface area (TPSA) is 84.2 Å². The summed E-state index contributed by atoms with van der Waals surface area (Å²) in [6.07, 6.45) is 5.59. The van der Waals surface area contributed by atoms with Gasteiger partial charge in [0.2, 0.25) is 10.0 Å². The summed E-state index contributed by atoms with van der Waals surface area (Å²) in [5.74, 6) is 0. The monoisotopic (exact) mass is 329 g/mol. The van der Waals surface area contributed by atoms with Gasteiger partial charge in [-0.15, -0.1) is 0 Å². The van der Waals surface area contributed by atoms with Crippen LogP contribution in [0.4, 0.5) is 11.4 Å². The molecule has 1 aromatic rings. The zero-order valence-electron chi connectivity index (χ0n) is 12.4. The molecule has 5 nitrogen and oxygen atoms in total. The SMILES string of the molecule is CCNS(=O)(=O)c1ccc(N)c(NC2CCCC2SC)c1. The molecule has 21 heavy (non-hydrogen) atoms. The molecule has 0 aromatic heterocycles. The van der Waals surface area contributed by atoms with Crippen LogP contribution in [0.25, 0.3) is 0 Å². The summed E-state index contributed by atoms with van der Waals surface area (Å²) < 4.78 is 26.6. The van der Waals surface area contributed by atoms with Crippen LogP contribution in [0.15, 0.2) is 23.1 Å². The largest absolute Gasteiger partial charge is 0.397 e. The molecule has 0 heterocycles. The number of sulfonamides is 1. The van der Waals surface area contributed by atoms with Crippen LogP contribution in [0, 0.1) is 0 Å². The van der Waals surface area contributed by atoms with Crippen LogP contribution in [0.5, 0.6) is 0 Å². The number of hydrogen-bond acceptors (Lipinski definition) is 5. The number of anilines is 2. The summed E-state index contributed by atoms with van der Waals surface area (Å²) in [6, 6.07) is 5.16. The Morgan fingerprint density at radius 1 is 1.38 bits per heavy atom. The first-order chi connectivity index (χ1) is 9.97. The van der Waals surface area contributed by atoms with E-state index < -0.39 is 10.0 Å². The van der Waals surface area contributed by atoms with Crippen molar-refractivity contribution in [1.29, 1.82) is 0 Å². The molecular formula is C14H23N3O2S2. The van der Waals surface area contributed by atoms with Gasteiger partial charge in [0.05, 0.1) is 16.3 Å². The molecule has 7 heteroatoms. The first kappa shape index (κ1) is 16.5. The highest BCUT2D eigenvalue weighted by molar-refractivity contribution is 7.99. The predicted molar refractivity (Wildman–Crippen MR) is 90.3 cm³/mol. The summed E-state index contributed by atoms with van der Waals surface area (Å²) in [5.41, 5.74) is 7.28. The van der Waals surface area contributed by atoms with E-state index in [2.05, 4.69) is 16.3 Å². The molecule has 1 aliphatic rings. The molecule has 4 N–H and O–H groups in total. The summed E-state index contributed by atoms with van der Waals surface area (Å²) in [4.78, 5) is 0.250. The molecule has 1 aliphatic carbocycles. The average Bonchev–Trinajstić information content (AvgIpc) is 2.88.